The van der Waals surface area contributed by atoms with E-state index < -0.39 is 27.1 Å². The van der Waals surface area contributed by atoms with Crippen molar-refractivity contribution in [3.05, 3.63) is 54.1 Å². The molecule has 0 fully saturated rings. The van der Waals surface area contributed by atoms with Crippen molar-refractivity contribution >= 4 is 16.3 Å². The second kappa shape index (κ2) is 6.02. The van der Waals surface area contributed by atoms with E-state index in [0.29, 0.717) is 0 Å². The minimum Gasteiger partial charge on any atom is -0.290 e. The summed E-state index contributed by atoms with van der Waals surface area (Å²) >= 11 is 0. The van der Waals surface area contributed by atoms with Crippen LogP contribution in [0.3, 0.4) is 0 Å². The van der Waals surface area contributed by atoms with E-state index in [-0.39, 0.29) is 10.5 Å². The number of carbonyl (C=O) groups excluding carboxylic acids is 1. The van der Waals surface area contributed by atoms with E-state index in [0.717, 1.165) is 0 Å². The van der Waals surface area contributed by atoms with Gasteiger partial charge in [-0.15, -0.1) is 0 Å². The van der Waals surface area contributed by atoms with Crippen molar-refractivity contribution < 1.29 is 17.6 Å². The van der Waals surface area contributed by atoms with E-state index >= 15 is 4.39 Å². The summed E-state index contributed by atoms with van der Waals surface area (Å²) in [7, 11) is -3.95. The molecule has 0 heterocycles. The summed E-state index contributed by atoms with van der Waals surface area (Å²) in [4.78, 5) is 10.9. The van der Waals surface area contributed by atoms with Crippen LogP contribution in [0.15, 0.2) is 53.5 Å². The number of nitrogens with one attached hydrogen (secondary N) is 1. The third-order valence-corrected chi connectivity index (χ3v) is 5.18. The lowest BCUT2D eigenvalue weighted by atomic mass is 9.81. The molecular formula is C17H19FNO3S. The van der Waals surface area contributed by atoms with E-state index in [2.05, 4.69) is 4.72 Å². The molecule has 2 atom stereocenters. The predicted molar refractivity (Wildman–Crippen MR) is 86.8 cm³/mol. The molecule has 2 rings (SSSR count). The highest BCUT2D eigenvalue weighted by Crippen LogP contribution is 2.41. The number of rotatable bonds is 4. The first-order valence-corrected chi connectivity index (χ1v) is 8.64. The summed E-state index contributed by atoms with van der Waals surface area (Å²) in [6.07, 6.45) is 7.19. The molecule has 0 bridgehead atoms. The minimum absolute atomic E-state index is 0.0781. The van der Waals surface area contributed by atoms with Gasteiger partial charge in [0.05, 0.1) is 10.8 Å². The lowest BCUT2D eigenvalue weighted by molar-refractivity contribution is 0.195. The first kappa shape index (κ1) is 17.6. The summed E-state index contributed by atoms with van der Waals surface area (Å²) in [6.45, 7) is 5.09. The van der Waals surface area contributed by atoms with Crippen molar-refractivity contribution in [2.45, 2.75) is 36.9 Å². The zero-order valence-electron chi connectivity index (χ0n) is 13.2. The summed E-state index contributed by atoms with van der Waals surface area (Å²) in [5.41, 5.74) is -3.04. The summed E-state index contributed by atoms with van der Waals surface area (Å²) in [5, 5.41) is 0. The van der Waals surface area contributed by atoms with E-state index in [1.165, 1.54) is 42.5 Å². The zero-order chi connectivity index (χ0) is 17.3. The Morgan fingerprint density at radius 2 is 1.87 bits per heavy atom. The Labute approximate surface area is 136 Å². The molecule has 4 nitrogen and oxygen atoms in total. The number of hydrogen-bond donors (Lipinski definition) is 1. The van der Waals surface area contributed by atoms with Crippen molar-refractivity contribution in [3.8, 4) is 0 Å². The van der Waals surface area contributed by atoms with Gasteiger partial charge in [-0.2, -0.15) is 0 Å². The average molecular weight is 336 g/mol. The molecule has 1 aromatic rings. The van der Waals surface area contributed by atoms with Gasteiger partial charge < -0.3 is 0 Å². The third-order valence-electron chi connectivity index (χ3n) is 3.36. The lowest BCUT2D eigenvalue weighted by Crippen LogP contribution is -2.42. The second-order valence-corrected chi connectivity index (χ2v) is 8.11. The number of halogens is 1. The van der Waals surface area contributed by atoms with Crippen molar-refractivity contribution in [1.82, 2.24) is 4.72 Å². The molecule has 2 unspecified atom stereocenters. The molecule has 1 aliphatic rings. The van der Waals surface area contributed by atoms with Crippen LogP contribution in [0.2, 0.25) is 0 Å². The first-order chi connectivity index (χ1) is 10.6. The van der Waals surface area contributed by atoms with Crippen LogP contribution in [0, 0.1) is 5.92 Å². The van der Waals surface area contributed by atoms with Crippen molar-refractivity contribution in [2.24, 2.45) is 5.92 Å². The molecule has 1 aromatic carbocycles. The Bertz CT molecular complexity index is 762. The van der Waals surface area contributed by atoms with Crippen LogP contribution < -0.4 is 4.72 Å². The smallest absolute Gasteiger partial charge is 0.241 e. The third kappa shape index (κ3) is 3.59. The Morgan fingerprint density at radius 1 is 1.22 bits per heavy atom. The standard InChI is InChI=1S/C17H19FNO3S/c1-16(2,3)19-23(21,22)15-10-5-4-9-14(15)17(18)11-7-6-8-13(17)12-20/h4-11,13,19H,1-3H3. The van der Waals surface area contributed by atoms with Crippen LogP contribution in [0.5, 0.6) is 0 Å². The fraction of sp³-hybridized carbons (Fsp3) is 0.353. The van der Waals surface area contributed by atoms with Gasteiger partial charge in [-0.3, -0.25) is 4.79 Å². The van der Waals surface area contributed by atoms with Gasteiger partial charge in [0, 0.05) is 11.1 Å². The van der Waals surface area contributed by atoms with Crippen molar-refractivity contribution in [1.29, 1.82) is 0 Å². The maximum atomic E-state index is 15.5. The van der Waals surface area contributed by atoms with Crippen molar-refractivity contribution in [2.75, 3.05) is 0 Å². The maximum Gasteiger partial charge on any atom is 0.241 e. The average Bonchev–Trinajstić information content (AvgIpc) is 2.45. The van der Waals surface area contributed by atoms with E-state index in [1.54, 1.807) is 33.1 Å². The quantitative estimate of drug-likeness (QED) is 0.919. The fourth-order valence-electron chi connectivity index (χ4n) is 2.47. The molecule has 1 radical (unpaired) electrons. The van der Waals surface area contributed by atoms with Gasteiger partial charge in [-0.25, -0.2) is 17.5 Å². The van der Waals surface area contributed by atoms with Crippen LogP contribution in [0.4, 0.5) is 4.39 Å². The van der Waals surface area contributed by atoms with Crippen molar-refractivity contribution in [3.63, 3.8) is 0 Å². The molecule has 0 aromatic heterocycles. The molecule has 1 aliphatic carbocycles. The SMILES string of the molecule is CC(C)(C)NS(=O)(=O)c1ccccc1C1(F)C=CC=CC1[C]=O. The molecule has 1 N–H and O–H groups in total. The Hall–Kier alpha value is -1.79. The molecule has 0 saturated carbocycles. The highest BCUT2D eigenvalue weighted by atomic mass is 32.2. The second-order valence-electron chi connectivity index (χ2n) is 6.46. The highest BCUT2D eigenvalue weighted by Gasteiger charge is 2.42. The number of benzene rings is 1. The predicted octanol–water partition coefficient (Wildman–Crippen LogP) is 2.78. The number of sulfonamides is 1. The molecule has 6 heteroatoms. The first-order valence-electron chi connectivity index (χ1n) is 7.16. The normalized spacial score (nSPS) is 24.6. The molecule has 23 heavy (non-hydrogen) atoms. The Balaban J connectivity index is 2.61. The van der Waals surface area contributed by atoms with Gasteiger partial charge >= 0.3 is 0 Å². The van der Waals surface area contributed by atoms with Gasteiger partial charge in [0.1, 0.15) is 0 Å². The fourth-order valence-corrected chi connectivity index (χ4v) is 4.16. The molecule has 0 saturated heterocycles. The number of hydrogen-bond acceptors (Lipinski definition) is 3. The largest absolute Gasteiger partial charge is 0.290 e. The van der Waals surface area contributed by atoms with Crippen LogP contribution in [0.25, 0.3) is 0 Å². The van der Waals surface area contributed by atoms with E-state index in [9.17, 15) is 13.2 Å². The zero-order valence-corrected chi connectivity index (χ0v) is 14.0. The van der Waals surface area contributed by atoms with E-state index in [4.69, 9.17) is 0 Å². The topological polar surface area (TPSA) is 63.2 Å². The van der Waals surface area contributed by atoms with Crippen LogP contribution >= 0.6 is 0 Å². The highest BCUT2D eigenvalue weighted by molar-refractivity contribution is 7.89. The molecule has 0 amide bonds. The number of allylic oxidation sites excluding steroid dienone is 4. The van der Waals surface area contributed by atoms with Crippen LogP contribution in [-0.2, 0) is 20.5 Å². The summed E-state index contributed by atoms with van der Waals surface area (Å²) < 4.78 is 43.3. The van der Waals surface area contributed by atoms with Crippen LogP contribution in [0.1, 0.15) is 26.3 Å². The summed E-state index contributed by atoms with van der Waals surface area (Å²) in [6, 6.07) is 5.77. The van der Waals surface area contributed by atoms with Gasteiger partial charge in [0.25, 0.3) is 0 Å². The summed E-state index contributed by atoms with van der Waals surface area (Å²) in [5.74, 6) is -1.20. The maximum absolute atomic E-state index is 15.5. The van der Waals surface area contributed by atoms with Gasteiger partial charge in [-0.1, -0.05) is 36.4 Å². The lowest BCUT2D eigenvalue weighted by Gasteiger charge is -2.30. The Kier molecular flexibility index (Phi) is 4.59. The van der Waals surface area contributed by atoms with Crippen LogP contribution in [-0.4, -0.2) is 20.2 Å². The van der Waals surface area contributed by atoms with Gasteiger partial charge in [0.2, 0.25) is 16.3 Å². The number of alkyl halides is 1. The molecule has 0 spiro atoms. The molecular weight excluding hydrogens is 317 g/mol. The monoisotopic (exact) mass is 336 g/mol. The molecule has 0 aliphatic heterocycles. The minimum atomic E-state index is -3.95. The van der Waals surface area contributed by atoms with E-state index in [1.807, 2.05) is 0 Å². The molecule has 123 valence electrons. The Morgan fingerprint density at radius 3 is 2.48 bits per heavy atom. The van der Waals surface area contributed by atoms with Gasteiger partial charge in [-0.05, 0) is 32.9 Å². The van der Waals surface area contributed by atoms with Gasteiger partial charge in [0.15, 0.2) is 5.67 Å².